The van der Waals surface area contributed by atoms with E-state index in [-0.39, 0.29) is 11.3 Å². The highest BCUT2D eigenvalue weighted by Gasteiger charge is 2.44. The average Bonchev–Trinajstić information content (AvgIpc) is 3.72. The summed E-state index contributed by atoms with van der Waals surface area (Å²) in [5, 5.41) is 11.8. The molecule has 8 heteroatoms. The van der Waals surface area contributed by atoms with Crippen LogP contribution in [0.4, 0.5) is 0 Å². The number of Topliss-reactive ketones (excluding diaryl/α,β-unsaturated/α-hetero) is 1. The summed E-state index contributed by atoms with van der Waals surface area (Å²) in [6.45, 7) is 1.38. The standard InChI is InChI=1S/C32H27N3O5/c36-30(27-19-24-9-4-5-10-26(24)40-27)28-29(35(32(38)31(28)37)17-6-16-34-18-15-33-21-34)23-11-13-25(14-12-23)39-20-22-7-2-1-3-8-22/h1-5,7-15,18-19,21,29,37H,6,16-17,20H2. The summed E-state index contributed by atoms with van der Waals surface area (Å²) in [5.74, 6) is -0.930. The number of aryl methyl sites for hydroxylation is 1. The number of hydrogen-bond donors (Lipinski definition) is 1. The number of aliphatic hydroxyl groups excluding tert-OH is 1. The van der Waals surface area contributed by atoms with Gasteiger partial charge in [-0.1, -0.05) is 60.7 Å². The third kappa shape index (κ3) is 4.99. The van der Waals surface area contributed by atoms with E-state index in [1.165, 1.54) is 0 Å². The number of para-hydroxylation sites is 1. The summed E-state index contributed by atoms with van der Waals surface area (Å²) >= 11 is 0. The van der Waals surface area contributed by atoms with E-state index in [2.05, 4.69) is 4.98 Å². The first-order valence-corrected chi connectivity index (χ1v) is 13.1. The number of furan rings is 1. The number of hydrogen-bond acceptors (Lipinski definition) is 6. The highest BCUT2D eigenvalue weighted by atomic mass is 16.5. The minimum absolute atomic E-state index is 0.00430. The molecule has 0 saturated carbocycles. The number of aliphatic hydroxyl groups is 1. The first-order valence-electron chi connectivity index (χ1n) is 13.1. The van der Waals surface area contributed by atoms with Crippen LogP contribution in [0.1, 0.15) is 34.1 Å². The van der Waals surface area contributed by atoms with E-state index in [0.29, 0.717) is 43.0 Å². The second-order valence-corrected chi connectivity index (χ2v) is 9.64. The molecule has 0 bridgehead atoms. The minimum Gasteiger partial charge on any atom is -0.503 e. The molecule has 1 atom stereocenters. The number of benzene rings is 3. The van der Waals surface area contributed by atoms with E-state index in [9.17, 15) is 14.7 Å². The van der Waals surface area contributed by atoms with E-state index in [1.54, 1.807) is 29.6 Å². The molecule has 3 aromatic carbocycles. The molecule has 1 aliphatic heterocycles. The molecule has 8 nitrogen and oxygen atoms in total. The van der Waals surface area contributed by atoms with Crippen LogP contribution in [0.25, 0.3) is 11.0 Å². The zero-order chi connectivity index (χ0) is 27.5. The van der Waals surface area contributed by atoms with Crippen LogP contribution < -0.4 is 4.74 Å². The molecule has 0 aliphatic carbocycles. The van der Waals surface area contributed by atoms with Gasteiger partial charge in [0.1, 0.15) is 17.9 Å². The zero-order valence-corrected chi connectivity index (χ0v) is 21.6. The van der Waals surface area contributed by atoms with Gasteiger partial charge in [-0.3, -0.25) is 9.59 Å². The Morgan fingerprint density at radius 3 is 2.50 bits per heavy atom. The lowest BCUT2D eigenvalue weighted by Gasteiger charge is -2.27. The Bertz CT molecular complexity index is 1640. The number of fused-ring (bicyclic) bond motifs is 1. The second kappa shape index (κ2) is 10.9. The quantitative estimate of drug-likeness (QED) is 0.225. The lowest BCUT2D eigenvalue weighted by molar-refractivity contribution is -0.129. The number of amides is 1. The van der Waals surface area contributed by atoms with Gasteiger partial charge in [0.15, 0.2) is 11.5 Å². The van der Waals surface area contributed by atoms with Crippen molar-refractivity contribution in [3.63, 3.8) is 0 Å². The molecular weight excluding hydrogens is 506 g/mol. The molecule has 6 rings (SSSR count). The van der Waals surface area contributed by atoms with Crippen molar-refractivity contribution < 1.29 is 23.8 Å². The Labute approximate surface area is 230 Å². The molecule has 0 fully saturated rings. The van der Waals surface area contributed by atoms with Crippen molar-refractivity contribution in [3.8, 4) is 5.75 Å². The van der Waals surface area contributed by atoms with Crippen LogP contribution in [0.2, 0.25) is 0 Å². The summed E-state index contributed by atoms with van der Waals surface area (Å²) in [7, 11) is 0. The molecule has 0 spiro atoms. The van der Waals surface area contributed by atoms with Gasteiger partial charge in [-0.25, -0.2) is 4.98 Å². The summed E-state index contributed by atoms with van der Waals surface area (Å²) in [4.78, 5) is 32.7. The molecule has 1 unspecified atom stereocenters. The van der Waals surface area contributed by atoms with Gasteiger partial charge in [0.2, 0.25) is 5.78 Å². The van der Waals surface area contributed by atoms with Crippen molar-refractivity contribution in [2.45, 2.75) is 25.6 Å². The maximum atomic E-state index is 13.8. The maximum Gasteiger partial charge on any atom is 0.290 e. The molecule has 40 heavy (non-hydrogen) atoms. The van der Waals surface area contributed by atoms with Crippen molar-refractivity contribution in [2.75, 3.05) is 6.54 Å². The molecule has 5 aromatic rings. The number of aromatic nitrogens is 2. The van der Waals surface area contributed by atoms with Crippen LogP contribution in [0.5, 0.6) is 5.75 Å². The molecular formula is C32H27N3O5. The van der Waals surface area contributed by atoms with E-state index >= 15 is 0 Å². The van der Waals surface area contributed by atoms with Gasteiger partial charge in [0, 0.05) is 30.9 Å². The molecule has 0 saturated heterocycles. The van der Waals surface area contributed by atoms with Gasteiger partial charge in [-0.05, 0) is 41.8 Å². The molecule has 0 radical (unpaired) electrons. The first-order chi connectivity index (χ1) is 19.6. The monoisotopic (exact) mass is 533 g/mol. The smallest absolute Gasteiger partial charge is 0.290 e. The number of imidazole rings is 1. The topological polar surface area (TPSA) is 97.8 Å². The van der Waals surface area contributed by atoms with Crippen molar-refractivity contribution in [3.05, 3.63) is 132 Å². The molecule has 1 amide bonds. The highest BCUT2D eigenvalue weighted by Crippen LogP contribution is 2.40. The fraction of sp³-hybridized carbons (Fsp3) is 0.156. The summed E-state index contributed by atoms with van der Waals surface area (Å²) in [5.41, 5.74) is 2.30. The fourth-order valence-electron chi connectivity index (χ4n) is 5.02. The Morgan fingerprint density at radius 1 is 0.975 bits per heavy atom. The van der Waals surface area contributed by atoms with Crippen molar-refractivity contribution in [1.82, 2.24) is 14.5 Å². The van der Waals surface area contributed by atoms with E-state index in [4.69, 9.17) is 9.15 Å². The van der Waals surface area contributed by atoms with E-state index in [0.717, 1.165) is 10.9 Å². The number of ketones is 1. The predicted octanol–water partition coefficient (Wildman–Crippen LogP) is 5.88. The lowest BCUT2D eigenvalue weighted by Crippen LogP contribution is -2.32. The van der Waals surface area contributed by atoms with E-state index < -0.39 is 23.5 Å². The van der Waals surface area contributed by atoms with Crippen LogP contribution in [0, 0.1) is 0 Å². The molecule has 1 aliphatic rings. The van der Waals surface area contributed by atoms with Crippen LogP contribution in [-0.2, 0) is 17.9 Å². The number of carbonyl (C=O) groups is 2. The third-order valence-electron chi connectivity index (χ3n) is 7.02. The van der Waals surface area contributed by atoms with Gasteiger partial charge in [0.05, 0.1) is 17.9 Å². The molecule has 1 N–H and O–H groups in total. The fourth-order valence-corrected chi connectivity index (χ4v) is 5.02. The predicted molar refractivity (Wildman–Crippen MR) is 149 cm³/mol. The Hall–Kier alpha value is -5.11. The van der Waals surface area contributed by atoms with Crippen molar-refractivity contribution in [2.24, 2.45) is 0 Å². The summed E-state index contributed by atoms with van der Waals surface area (Å²) < 4.78 is 13.7. The summed E-state index contributed by atoms with van der Waals surface area (Å²) in [6, 6.07) is 25.3. The largest absolute Gasteiger partial charge is 0.503 e. The van der Waals surface area contributed by atoms with E-state index in [1.807, 2.05) is 83.6 Å². The first kappa shape index (κ1) is 25.2. The normalized spacial score (nSPS) is 15.2. The number of nitrogens with zero attached hydrogens (tertiary/aromatic N) is 3. The van der Waals surface area contributed by atoms with Gasteiger partial charge in [0.25, 0.3) is 5.91 Å². The number of carbonyl (C=O) groups excluding carboxylic acids is 2. The van der Waals surface area contributed by atoms with Crippen molar-refractivity contribution in [1.29, 1.82) is 0 Å². The molecule has 2 aromatic heterocycles. The lowest BCUT2D eigenvalue weighted by atomic mass is 9.95. The van der Waals surface area contributed by atoms with Crippen LogP contribution in [-0.4, -0.2) is 37.8 Å². The van der Waals surface area contributed by atoms with Gasteiger partial charge < -0.3 is 23.7 Å². The number of ether oxygens (including phenoxy) is 1. The van der Waals surface area contributed by atoms with Gasteiger partial charge >= 0.3 is 0 Å². The SMILES string of the molecule is O=C(C1=C(O)C(=O)N(CCCn2ccnc2)C1c1ccc(OCc2ccccc2)cc1)c1cc2ccccc2o1. The molecule has 200 valence electrons. The van der Waals surface area contributed by atoms with Crippen LogP contribution in [0.3, 0.4) is 0 Å². The molecule has 3 heterocycles. The zero-order valence-electron chi connectivity index (χ0n) is 21.6. The summed E-state index contributed by atoms with van der Waals surface area (Å²) in [6.07, 6.45) is 5.87. The van der Waals surface area contributed by atoms with Gasteiger partial charge in [-0.2, -0.15) is 0 Å². The average molecular weight is 534 g/mol. The van der Waals surface area contributed by atoms with Gasteiger partial charge in [-0.15, -0.1) is 0 Å². The Kier molecular flexibility index (Phi) is 6.89. The van der Waals surface area contributed by atoms with Crippen molar-refractivity contribution >= 4 is 22.7 Å². The van der Waals surface area contributed by atoms with Crippen LogP contribution in [0.15, 0.2) is 119 Å². The Balaban J connectivity index is 1.29. The minimum atomic E-state index is -0.779. The maximum absolute atomic E-state index is 13.8. The highest BCUT2D eigenvalue weighted by molar-refractivity contribution is 6.16. The number of rotatable bonds is 10. The second-order valence-electron chi connectivity index (χ2n) is 9.64. The van der Waals surface area contributed by atoms with Crippen LogP contribution >= 0.6 is 0 Å². The Morgan fingerprint density at radius 2 is 1.75 bits per heavy atom. The third-order valence-corrected chi connectivity index (χ3v) is 7.02.